The molecule has 2 N–H and O–H groups in total. The summed E-state index contributed by atoms with van der Waals surface area (Å²) in [5, 5.41) is 6.55. The maximum atomic E-state index is 11.4. The van der Waals surface area contributed by atoms with Gasteiger partial charge in [-0.2, -0.15) is 0 Å². The fourth-order valence-corrected chi connectivity index (χ4v) is 2.17. The predicted octanol–water partition coefficient (Wildman–Crippen LogP) is 2.36. The van der Waals surface area contributed by atoms with Crippen LogP contribution < -0.4 is 20.1 Å². The smallest absolute Gasteiger partial charge is 0.221 e. The second-order valence-electron chi connectivity index (χ2n) is 4.59. The summed E-state index contributed by atoms with van der Waals surface area (Å²) in [6, 6.07) is 3.70. The van der Waals surface area contributed by atoms with Gasteiger partial charge in [-0.25, -0.2) is 0 Å². The Morgan fingerprint density at radius 2 is 2.00 bits per heavy atom. The highest BCUT2D eigenvalue weighted by Crippen LogP contribution is 2.35. The topological polar surface area (TPSA) is 59.6 Å². The van der Waals surface area contributed by atoms with Crippen molar-refractivity contribution in [3.05, 3.63) is 22.7 Å². The van der Waals surface area contributed by atoms with Crippen molar-refractivity contribution < 1.29 is 14.3 Å². The summed E-state index contributed by atoms with van der Waals surface area (Å²) < 4.78 is 10.4. The van der Waals surface area contributed by atoms with E-state index in [1.54, 1.807) is 14.2 Å². The monoisotopic (exact) mass is 314 g/mol. The highest BCUT2D eigenvalue weighted by Gasteiger charge is 2.10. The summed E-state index contributed by atoms with van der Waals surface area (Å²) in [5.74, 6) is 1.19. The van der Waals surface area contributed by atoms with Crippen LogP contribution in [0, 0.1) is 0 Å². The molecule has 5 nitrogen and oxygen atoms in total. The number of benzene rings is 1. The Bertz CT molecular complexity index is 466. The normalized spacial score (nSPS) is 10.3. The number of ether oxygens (including phenoxy) is 2. The van der Waals surface area contributed by atoms with E-state index in [-0.39, 0.29) is 5.91 Å². The van der Waals surface area contributed by atoms with Crippen LogP contribution in [0.4, 0.5) is 0 Å². The van der Waals surface area contributed by atoms with Crippen LogP contribution in [0.3, 0.4) is 0 Å². The fraction of sp³-hybridized carbons (Fsp3) is 0.533. The van der Waals surface area contributed by atoms with Gasteiger partial charge in [-0.15, -0.1) is 0 Å². The Morgan fingerprint density at radius 3 is 2.62 bits per heavy atom. The highest BCUT2D eigenvalue weighted by molar-refractivity contribution is 6.32. The Kier molecular flexibility index (Phi) is 7.93. The molecule has 6 heteroatoms. The predicted molar refractivity (Wildman–Crippen MR) is 84.2 cm³/mol. The first kappa shape index (κ1) is 17.6. The zero-order valence-corrected chi connectivity index (χ0v) is 13.5. The van der Waals surface area contributed by atoms with E-state index in [2.05, 4.69) is 10.6 Å². The van der Waals surface area contributed by atoms with Crippen molar-refractivity contribution in [1.82, 2.24) is 10.6 Å². The molecule has 1 aromatic carbocycles. The number of rotatable bonds is 9. The van der Waals surface area contributed by atoms with E-state index in [1.807, 2.05) is 19.1 Å². The van der Waals surface area contributed by atoms with Gasteiger partial charge in [-0.1, -0.05) is 18.5 Å². The Labute approximate surface area is 131 Å². The van der Waals surface area contributed by atoms with Crippen LogP contribution in [0.25, 0.3) is 0 Å². The number of methoxy groups -OCH3 is 2. The molecule has 21 heavy (non-hydrogen) atoms. The van der Waals surface area contributed by atoms with Crippen molar-refractivity contribution in [1.29, 1.82) is 0 Å². The number of halogens is 1. The summed E-state index contributed by atoms with van der Waals surface area (Å²) >= 11 is 6.14. The SMILES string of the molecule is CCCNC(=O)CCNCc1cc(Cl)c(OC)c(OC)c1. The van der Waals surface area contributed by atoms with Crippen molar-refractivity contribution in [3.8, 4) is 11.5 Å². The van der Waals surface area contributed by atoms with E-state index in [1.165, 1.54) is 0 Å². The number of hydrogen-bond donors (Lipinski definition) is 2. The average Bonchev–Trinajstić information content (AvgIpc) is 2.48. The molecule has 0 fully saturated rings. The minimum absolute atomic E-state index is 0.0645. The Balaban J connectivity index is 2.45. The molecule has 0 unspecified atom stereocenters. The number of carbonyl (C=O) groups is 1. The number of carbonyl (C=O) groups excluding carboxylic acids is 1. The van der Waals surface area contributed by atoms with Crippen LogP contribution in [0.2, 0.25) is 5.02 Å². The van der Waals surface area contributed by atoms with Crippen LogP contribution in [-0.4, -0.2) is 33.2 Å². The minimum atomic E-state index is 0.0645. The summed E-state index contributed by atoms with van der Waals surface area (Å²) in [6.07, 6.45) is 1.41. The van der Waals surface area contributed by atoms with Crippen LogP contribution in [0.15, 0.2) is 12.1 Å². The van der Waals surface area contributed by atoms with Crippen LogP contribution in [0.1, 0.15) is 25.3 Å². The van der Waals surface area contributed by atoms with Gasteiger partial charge >= 0.3 is 0 Å². The zero-order valence-electron chi connectivity index (χ0n) is 12.8. The first-order chi connectivity index (χ1) is 10.1. The first-order valence-electron chi connectivity index (χ1n) is 7.00. The Morgan fingerprint density at radius 1 is 1.24 bits per heavy atom. The molecule has 0 saturated heterocycles. The molecule has 0 aliphatic carbocycles. The molecule has 0 bridgehead atoms. The van der Waals surface area contributed by atoms with Gasteiger partial charge in [-0.3, -0.25) is 4.79 Å². The first-order valence-corrected chi connectivity index (χ1v) is 7.38. The number of amides is 1. The van der Waals surface area contributed by atoms with Crippen molar-refractivity contribution >= 4 is 17.5 Å². The fourth-order valence-electron chi connectivity index (χ4n) is 1.86. The molecule has 118 valence electrons. The summed E-state index contributed by atoms with van der Waals surface area (Å²) in [7, 11) is 3.13. The van der Waals surface area contributed by atoms with Crippen LogP contribution in [-0.2, 0) is 11.3 Å². The molecule has 1 amide bonds. The molecule has 0 aliphatic heterocycles. The second-order valence-corrected chi connectivity index (χ2v) is 5.00. The highest BCUT2D eigenvalue weighted by atomic mass is 35.5. The van der Waals surface area contributed by atoms with E-state index < -0.39 is 0 Å². The lowest BCUT2D eigenvalue weighted by Gasteiger charge is -2.12. The standard InChI is InChI=1S/C15H23ClN2O3/c1-4-6-18-14(19)5-7-17-10-11-8-12(16)15(21-3)13(9-11)20-2/h8-9,17H,4-7,10H2,1-3H3,(H,18,19). The quantitative estimate of drug-likeness (QED) is 0.687. The van der Waals surface area contributed by atoms with Crippen LogP contribution in [0.5, 0.6) is 11.5 Å². The number of hydrogen-bond acceptors (Lipinski definition) is 4. The van der Waals surface area contributed by atoms with Crippen molar-refractivity contribution in [3.63, 3.8) is 0 Å². The maximum Gasteiger partial charge on any atom is 0.221 e. The third kappa shape index (κ3) is 5.81. The van der Waals surface area contributed by atoms with E-state index in [0.717, 1.165) is 18.5 Å². The van der Waals surface area contributed by atoms with E-state index >= 15 is 0 Å². The summed E-state index contributed by atoms with van der Waals surface area (Å²) in [5.41, 5.74) is 0.978. The van der Waals surface area contributed by atoms with Gasteiger partial charge in [0.1, 0.15) is 0 Å². The lowest BCUT2D eigenvalue weighted by molar-refractivity contribution is -0.120. The Hall–Kier alpha value is -1.46. The van der Waals surface area contributed by atoms with Gasteiger partial charge in [0.05, 0.1) is 19.2 Å². The summed E-state index contributed by atoms with van der Waals surface area (Å²) in [4.78, 5) is 11.4. The van der Waals surface area contributed by atoms with Crippen molar-refractivity contribution in [2.75, 3.05) is 27.3 Å². The van der Waals surface area contributed by atoms with Gasteiger partial charge in [-0.05, 0) is 24.1 Å². The molecule has 1 rings (SSSR count). The van der Waals surface area contributed by atoms with Gasteiger partial charge in [0.25, 0.3) is 0 Å². The van der Waals surface area contributed by atoms with E-state index in [0.29, 0.717) is 36.0 Å². The van der Waals surface area contributed by atoms with E-state index in [9.17, 15) is 4.79 Å². The second kappa shape index (κ2) is 9.47. The molecule has 0 aliphatic rings. The van der Waals surface area contributed by atoms with Crippen molar-refractivity contribution in [2.45, 2.75) is 26.3 Å². The van der Waals surface area contributed by atoms with Gasteiger partial charge < -0.3 is 20.1 Å². The maximum absolute atomic E-state index is 11.4. The van der Waals surface area contributed by atoms with Gasteiger partial charge in [0.15, 0.2) is 11.5 Å². The molecule has 0 aromatic heterocycles. The average molecular weight is 315 g/mol. The molecular formula is C15H23ClN2O3. The molecule has 0 radical (unpaired) electrons. The summed E-state index contributed by atoms with van der Waals surface area (Å²) in [6.45, 7) is 3.98. The van der Waals surface area contributed by atoms with Gasteiger partial charge in [0.2, 0.25) is 5.91 Å². The van der Waals surface area contributed by atoms with Crippen LogP contribution >= 0.6 is 11.6 Å². The zero-order chi connectivity index (χ0) is 15.7. The molecular weight excluding hydrogens is 292 g/mol. The minimum Gasteiger partial charge on any atom is -0.493 e. The number of nitrogens with one attached hydrogen (secondary N) is 2. The molecule has 0 atom stereocenters. The lowest BCUT2D eigenvalue weighted by Crippen LogP contribution is -2.28. The third-order valence-electron chi connectivity index (χ3n) is 2.92. The van der Waals surface area contributed by atoms with E-state index in [4.69, 9.17) is 21.1 Å². The molecule has 0 heterocycles. The molecule has 0 spiro atoms. The largest absolute Gasteiger partial charge is 0.493 e. The van der Waals surface area contributed by atoms with Crippen molar-refractivity contribution in [2.24, 2.45) is 0 Å². The third-order valence-corrected chi connectivity index (χ3v) is 3.20. The molecule has 0 saturated carbocycles. The van der Waals surface area contributed by atoms with Gasteiger partial charge in [0, 0.05) is 26.1 Å². The molecule has 1 aromatic rings. The lowest BCUT2D eigenvalue weighted by atomic mass is 10.2.